The molecule has 0 rings (SSSR count). The maximum atomic E-state index is 10.2. The van der Waals surface area contributed by atoms with Crippen LogP contribution in [-0.4, -0.2) is 12.1 Å². The molecule has 0 radical (unpaired) electrons. The molecule has 0 fully saturated rings. The molecule has 0 spiro atoms. The molecular formula is C5H9HgO2. The summed E-state index contributed by atoms with van der Waals surface area (Å²) in [6.45, 7) is 3.37. The van der Waals surface area contributed by atoms with Gasteiger partial charge < -0.3 is 0 Å². The van der Waals surface area contributed by atoms with E-state index in [0.717, 1.165) is 30.1 Å². The van der Waals surface area contributed by atoms with Crippen LogP contribution in [0.15, 0.2) is 0 Å². The molecule has 0 bridgehead atoms. The minimum atomic E-state index is -0.164. The summed E-state index contributed by atoms with van der Waals surface area (Å²) in [7, 11) is 0. The van der Waals surface area contributed by atoms with E-state index in [1.807, 2.05) is 6.92 Å². The molecule has 0 aromatic carbocycles. The summed E-state index contributed by atoms with van der Waals surface area (Å²) >= 11 is 0.750. The van der Waals surface area contributed by atoms with Crippen molar-refractivity contribution >= 4 is 5.97 Å². The van der Waals surface area contributed by atoms with Crippen molar-refractivity contribution in [1.82, 2.24) is 0 Å². The topological polar surface area (TPSA) is 26.3 Å². The van der Waals surface area contributed by atoms with Gasteiger partial charge in [-0.2, -0.15) is 0 Å². The van der Waals surface area contributed by atoms with Gasteiger partial charge in [-0.05, 0) is 0 Å². The van der Waals surface area contributed by atoms with E-state index in [0.29, 0.717) is 0 Å². The van der Waals surface area contributed by atoms with Crippen LogP contribution >= 0.6 is 0 Å². The Balaban J connectivity index is 3.24. The Morgan fingerprint density at radius 2 is 2.38 bits per heavy atom. The van der Waals surface area contributed by atoms with Gasteiger partial charge in [-0.15, -0.1) is 0 Å². The Morgan fingerprint density at radius 3 is 2.50 bits per heavy atom. The number of carbonyl (C=O) groups is 1. The van der Waals surface area contributed by atoms with Gasteiger partial charge in [0.25, 0.3) is 0 Å². The zero-order valence-corrected chi connectivity index (χ0v) is 10.8. The first-order chi connectivity index (χ1) is 3.66. The van der Waals surface area contributed by atoms with Gasteiger partial charge in [0.15, 0.2) is 0 Å². The van der Waals surface area contributed by atoms with Crippen LogP contribution in [0.1, 0.15) is 13.8 Å². The first-order valence-electron chi connectivity index (χ1n) is 2.63. The molecule has 0 aliphatic heterocycles. The van der Waals surface area contributed by atoms with Gasteiger partial charge in [0.1, 0.15) is 0 Å². The van der Waals surface area contributed by atoms with Gasteiger partial charge in [-0.1, -0.05) is 0 Å². The molecule has 3 heteroatoms. The van der Waals surface area contributed by atoms with Gasteiger partial charge >= 0.3 is 65.5 Å². The van der Waals surface area contributed by atoms with Crippen molar-refractivity contribution in [1.29, 1.82) is 0 Å². The number of esters is 1. The average molecular weight is 304 g/mol. The standard InChI is InChI=1S/C5H9O2.Hg/c1-4(2)7-5(3)6;/h4H,1H2,2-3H3;/i;1+2. The minimum absolute atomic E-state index is 0.163. The Kier molecular flexibility index (Phi) is 4.52. The second kappa shape index (κ2) is 4.30. The second-order valence-electron chi connectivity index (χ2n) is 1.71. The van der Waals surface area contributed by atoms with E-state index in [1.165, 1.54) is 6.92 Å². The van der Waals surface area contributed by atoms with Crippen LogP contribution in [-0.2, 0) is 35.7 Å². The maximum absolute atomic E-state index is 10.2. The third-order valence-corrected chi connectivity index (χ3v) is 3.93. The van der Waals surface area contributed by atoms with Crippen molar-refractivity contribution in [3.63, 3.8) is 0 Å². The molecule has 0 aromatic heterocycles. The molecule has 43 valence electrons. The quantitative estimate of drug-likeness (QED) is 0.560. The Labute approximate surface area is 65.6 Å². The molecule has 1 atom stereocenters. The predicted octanol–water partition coefficient (Wildman–Crippen LogP) is 0.903. The number of hydrogen-bond donors (Lipinski definition) is 0. The van der Waals surface area contributed by atoms with Gasteiger partial charge in [0.05, 0.1) is 0 Å². The first kappa shape index (κ1) is 8.41. The average Bonchev–Trinajstić information content (AvgIpc) is 1.65. The molecule has 0 aliphatic rings. The van der Waals surface area contributed by atoms with Crippen molar-refractivity contribution < 1.29 is 35.7 Å². The summed E-state index contributed by atoms with van der Waals surface area (Å²) in [6.07, 6.45) is 0.163. The SMILES string of the molecule is CC(=O)OC(C)[CH2][203Hg]. The van der Waals surface area contributed by atoms with Crippen molar-refractivity contribution in [3.8, 4) is 0 Å². The molecule has 0 saturated carbocycles. The molecule has 0 N–H and O–H groups in total. The molecule has 1 unspecified atom stereocenters. The monoisotopic (exact) mass is 304 g/mol. The van der Waals surface area contributed by atoms with Crippen molar-refractivity contribution in [3.05, 3.63) is 0 Å². The summed E-state index contributed by atoms with van der Waals surface area (Å²) in [4.78, 5) is 10.2. The van der Waals surface area contributed by atoms with E-state index in [1.54, 1.807) is 0 Å². The zero-order chi connectivity index (χ0) is 6.57. The Morgan fingerprint density at radius 1 is 1.88 bits per heavy atom. The van der Waals surface area contributed by atoms with E-state index in [-0.39, 0.29) is 12.1 Å². The normalized spacial score (nSPS) is 13.0. The van der Waals surface area contributed by atoms with Gasteiger partial charge in [-0.3, -0.25) is 0 Å². The van der Waals surface area contributed by atoms with Gasteiger partial charge in [0, 0.05) is 0 Å². The summed E-state index contributed by atoms with van der Waals surface area (Å²) in [5.41, 5.74) is 0. The van der Waals surface area contributed by atoms with Crippen molar-refractivity contribution in [2.75, 3.05) is 0 Å². The number of carbonyl (C=O) groups excluding carboxylic acids is 1. The molecule has 0 aliphatic carbocycles. The summed E-state index contributed by atoms with van der Waals surface area (Å²) in [6, 6.07) is 0. The summed E-state index contributed by atoms with van der Waals surface area (Å²) in [5, 5.41) is 0. The Bertz CT molecular complexity index is 82.5. The van der Waals surface area contributed by atoms with Crippen molar-refractivity contribution in [2.24, 2.45) is 0 Å². The fraction of sp³-hybridized carbons (Fsp3) is 0.800. The molecule has 0 amide bonds. The van der Waals surface area contributed by atoms with Crippen LogP contribution in [0.5, 0.6) is 0 Å². The molecule has 0 aromatic rings. The van der Waals surface area contributed by atoms with E-state index in [4.69, 9.17) is 4.74 Å². The predicted molar refractivity (Wildman–Crippen MR) is 26.0 cm³/mol. The van der Waals surface area contributed by atoms with Crippen LogP contribution in [0, 0.1) is 0 Å². The number of rotatable bonds is 2. The fourth-order valence-electron chi connectivity index (χ4n) is 0.342. The second-order valence-corrected chi connectivity index (χ2v) is 3.95. The van der Waals surface area contributed by atoms with E-state index >= 15 is 0 Å². The van der Waals surface area contributed by atoms with E-state index in [9.17, 15) is 4.79 Å². The molecule has 2 nitrogen and oxygen atoms in total. The van der Waals surface area contributed by atoms with Crippen LogP contribution < -0.4 is 0 Å². The molecule has 8 heavy (non-hydrogen) atoms. The van der Waals surface area contributed by atoms with Crippen LogP contribution in [0.25, 0.3) is 0 Å². The van der Waals surface area contributed by atoms with Crippen molar-refractivity contribution in [2.45, 2.75) is 23.9 Å². The van der Waals surface area contributed by atoms with E-state index in [2.05, 4.69) is 0 Å². The number of ether oxygens (including phenoxy) is 1. The van der Waals surface area contributed by atoms with Gasteiger partial charge in [0.2, 0.25) is 0 Å². The third kappa shape index (κ3) is 4.56. The first-order valence-corrected chi connectivity index (χ1v) is 6.52. The summed E-state index contributed by atoms with van der Waals surface area (Å²) < 4.78 is 5.89. The number of hydrogen-bond acceptors (Lipinski definition) is 2. The van der Waals surface area contributed by atoms with Crippen LogP contribution in [0.2, 0.25) is 3.93 Å². The third-order valence-electron chi connectivity index (χ3n) is 0.774. The molecule has 0 heterocycles. The van der Waals surface area contributed by atoms with Crippen LogP contribution in [0.3, 0.4) is 0 Å². The van der Waals surface area contributed by atoms with Crippen LogP contribution in [0.4, 0.5) is 0 Å². The Hall–Kier alpha value is 0.405. The summed E-state index contributed by atoms with van der Waals surface area (Å²) in [5.74, 6) is -0.164. The zero-order valence-electron chi connectivity index (χ0n) is 5.31. The van der Waals surface area contributed by atoms with Gasteiger partial charge in [-0.25, -0.2) is 0 Å². The van der Waals surface area contributed by atoms with E-state index < -0.39 is 0 Å². The molecule has 0 saturated heterocycles. The fourth-order valence-corrected chi connectivity index (χ4v) is 0.800. The molecular weight excluding hydrogens is 295 g/mol.